The maximum absolute atomic E-state index is 11.5. The lowest BCUT2D eigenvalue weighted by Gasteiger charge is -2.31. The number of hydrogen-bond donors (Lipinski definition) is 2. The van der Waals surface area contributed by atoms with E-state index in [4.69, 9.17) is 0 Å². The highest BCUT2D eigenvalue weighted by Gasteiger charge is 2.28. The molecule has 2 N–H and O–H groups in total. The van der Waals surface area contributed by atoms with Crippen LogP contribution in [0.4, 0.5) is 4.79 Å². The summed E-state index contributed by atoms with van der Waals surface area (Å²) in [6.45, 7) is 3.74. The smallest absolute Gasteiger partial charge is 0.324 e. The molecule has 0 aliphatic carbocycles. The molecule has 1 aromatic heterocycles. The summed E-state index contributed by atoms with van der Waals surface area (Å²) in [4.78, 5) is 26.6. The Morgan fingerprint density at radius 1 is 1.24 bits per heavy atom. The summed E-state index contributed by atoms with van der Waals surface area (Å²) in [6.07, 6.45) is 7.02. The van der Waals surface area contributed by atoms with Gasteiger partial charge in [0.25, 0.3) is 0 Å². The van der Waals surface area contributed by atoms with Crippen LogP contribution in [0.3, 0.4) is 0 Å². The van der Waals surface area contributed by atoms with Gasteiger partial charge in [-0.15, -0.1) is 0 Å². The molecule has 2 saturated heterocycles. The second-order valence-electron chi connectivity index (χ2n) is 5.71. The Morgan fingerprint density at radius 3 is 2.67 bits per heavy atom. The summed E-state index contributed by atoms with van der Waals surface area (Å²) in [5, 5.41) is 9.43. The Kier molecular flexibility index (Phi) is 4.19. The highest BCUT2D eigenvalue weighted by atomic mass is 16.2. The molecular formula is C14H21N5O2. The van der Waals surface area contributed by atoms with Gasteiger partial charge in [-0.1, -0.05) is 0 Å². The Bertz CT molecular complexity index is 477. The lowest BCUT2D eigenvalue weighted by Crippen LogP contribution is -2.37. The number of aromatic nitrogens is 2. The number of aromatic amines is 1. The fourth-order valence-corrected chi connectivity index (χ4v) is 3.11. The van der Waals surface area contributed by atoms with Gasteiger partial charge in [0.15, 0.2) is 0 Å². The average Bonchev–Trinajstić information content (AvgIpc) is 3.13. The first-order valence-corrected chi connectivity index (χ1v) is 7.53. The third-order valence-corrected chi connectivity index (χ3v) is 4.37. The van der Waals surface area contributed by atoms with Crippen LogP contribution in [0.5, 0.6) is 0 Å². The number of rotatable bonds is 5. The van der Waals surface area contributed by atoms with E-state index < -0.39 is 0 Å². The van der Waals surface area contributed by atoms with Crippen LogP contribution in [-0.2, 0) is 4.79 Å². The second-order valence-corrected chi connectivity index (χ2v) is 5.71. The Hall–Kier alpha value is -1.89. The summed E-state index contributed by atoms with van der Waals surface area (Å²) >= 11 is 0. The normalized spacial score (nSPS) is 21.0. The van der Waals surface area contributed by atoms with Crippen LogP contribution in [0, 0.1) is 0 Å². The van der Waals surface area contributed by atoms with Crippen molar-refractivity contribution in [2.75, 3.05) is 32.7 Å². The van der Waals surface area contributed by atoms with Gasteiger partial charge in [-0.3, -0.25) is 14.8 Å². The van der Waals surface area contributed by atoms with Crippen molar-refractivity contribution in [3.63, 3.8) is 0 Å². The monoisotopic (exact) mass is 291 g/mol. The second kappa shape index (κ2) is 6.26. The van der Waals surface area contributed by atoms with Gasteiger partial charge in [-0.2, -0.15) is 5.10 Å². The van der Waals surface area contributed by atoms with E-state index >= 15 is 0 Å². The maximum Gasteiger partial charge on any atom is 0.324 e. The van der Waals surface area contributed by atoms with Crippen LogP contribution >= 0.6 is 0 Å². The summed E-state index contributed by atoms with van der Waals surface area (Å²) in [7, 11) is 0. The maximum atomic E-state index is 11.5. The van der Waals surface area contributed by atoms with Crippen molar-refractivity contribution in [2.24, 2.45) is 0 Å². The topological polar surface area (TPSA) is 81.3 Å². The van der Waals surface area contributed by atoms with Crippen molar-refractivity contribution >= 4 is 11.9 Å². The molecule has 3 rings (SSSR count). The zero-order chi connectivity index (χ0) is 14.7. The van der Waals surface area contributed by atoms with Gasteiger partial charge in [0.1, 0.15) is 0 Å². The number of piperidine rings is 1. The molecule has 0 radical (unpaired) electrons. The van der Waals surface area contributed by atoms with Gasteiger partial charge >= 0.3 is 6.03 Å². The first-order valence-electron chi connectivity index (χ1n) is 7.53. The number of amides is 3. The largest absolute Gasteiger partial charge is 0.329 e. The van der Waals surface area contributed by atoms with E-state index in [9.17, 15) is 9.59 Å². The summed E-state index contributed by atoms with van der Waals surface area (Å²) in [6, 6.07) is -0.251. The van der Waals surface area contributed by atoms with E-state index in [1.54, 1.807) is 0 Å². The van der Waals surface area contributed by atoms with Crippen LogP contribution in [0.25, 0.3) is 0 Å². The minimum Gasteiger partial charge on any atom is -0.329 e. The fraction of sp³-hybridized carbons (Fsp3) is 0.643. The van der Waals surface area contributed by atoms with E-state index in [1.807, 2.05) is 12.4 Å². The fourth-order valence-electron chi connectivity index (χ4n) is 3.11. The minimum atomic E-state index is -0.251. The number of imide groups is 1. The summed E-state index contributed by atoms with van der Waals surface area (Å²) in [5.74, 6) is 0.490. The van der Waals surface area contributed by atoms with Gasteiger partial charge in [0.2, 0.25) is 5.91 Å². The molecule has 2 aliphatic rings. The molecule has 7 nitrogen and oxygen atoms in total. The highest BCUT2D eigenvalue weighted by Crippen LogP contribution is 2.27. The molecule has 0 unspecified atom stereocenters. The molecule has 2 fully saturated rings. The van der Waals surface area contributed by atoms with Crippen molar-refractivity contribution in [3.8, 4) is 0 Å². The molecule has 2 aliphatic heterocycles. The lowest BCUT2D eigenvalue weighted by molar-refractivity contribution is -0.125. The van der Waals surface area contributed by atoms with E-state index in [0.29, 0.717) is 12.5 Å². The Balaban J connectivity index is 1.38. The van der Waals surface area contributed by atoms with Crippen molar-refractivity contribution < 1.29 is 9.59 Å². The predicted octanol–water partition coefficient (Wildman–Crippen LogP) is 0.531. The first-order chi connectivity index (χ1) is 10.2. The molecule has 0 saturated carbocycles. The van der Waals surface area contributed by atoms with E-state index in [-0.39, 0.29) is 18.5 Å². The molecule has 1 aromatic rings. The number of likely N-dealkylation sites (tertiary alicyclic amines) is 1. The molecular weight excluding hydrogens is 270 g/mol. The number of hydrogen-bond acceptors (Lipinski definition) is 4. The lowest BCUT2D eigenvalue weighted by atomic mass is 9.91. The standard InChI is InChI=1S/C14H21N5O2/c20-13-10-15-14(21)19(13)5-1-4-18-6-2-11(3-7-18)12-8-16-17-9-12/h8-9,11H,1-7,10H2,(H,15,21)(H,16,17). The van der Waals surface area contributed by atoms with Gasteiger partial charge in [-0.05, 0) is 50.4 Å². The van der Waals surface area contributed by atoms with Crippen LogP contribution in [0.15, 0.2) is 12.4 Å². The average molecular weight is 291 g/mol. The van der Waals surface area contributed by atoms with Gasteiger partial charge in [-0.25, -0.2) is 4.79 Å². The van der Waals surface area contributed by atoms with Crippen LogP contribution in [0.2, 0.25) is 0 Å². The SMILES string of the molecule is O=C1CNC(=O)N1CCCN1CCC(c2cn[nH]c2)CC1. The zero-order valence-electron chi connectivity index (χ0n) is 12.0. The molecule has 0 bridgehead atoms. The number of urea groups is 1. The first kappa shape index (κ1) is 14.1. The highest BCUT2D eigenvalue weighted by molar-refractivity contribution is 6.01. The Morgan fingerprint density at radius 2 is 2.05 bits per heavy atom. The molecule has 21 heavy (non-hydrogen) atoms. The van der Waals surface area contributed by atoms with Gasteiger partial charge in [0.05, 0.1) is 12.7 Å². The number of nitrogens with one attached hydrogen (secondary N) is 2. The third-order valence-electron chi connectivity index (χ3n) is 4.37. The van der Waals surface area contributed by atoms with Gasteiger partial charge in [0, 0.05) is 12.7 Å². The minimum absolute atomic E-state index is 0.112. The van der Waals surface area contributed by atoms with Crippen molar-refractivity contribution in [2.45, 2.75) is 25.2 Å². The third kappa shape index (κ3) is 3.24. The zero-order valence-corrected chi connectivity index (χ0v) is 12.0. The molecule has 0 spiro atoms. The van der Waals surface area contributed by atoms with E-state index in [2.05, 4.69) is 20.4 Å². The molecule has 3 amide bonds. The Labute approximate surface area is 123 Å². The van der Waals surface area contributed by atoms with Gasteiger partial charge < -0.3 is 10.2 Å². The predicted molar refractivity (Wildman–Crippen MR) is 76.7 cm³/mol. The summed E-state index contributed by atoms with van der Waals surface area (Å²) in [5.41, 5.74) is 1.30. The number of carbonyl (C=O) groups is 2. The molecule has 3 heterocycles. The van der Waals surface area contributed by atoms with E-state index in [0.717, 1.165) is 38.9 Å². The number of carbonyl (C=O) groups excluding carboxylic acids is 2. The molecule has 114 valence electrons. The van der Waals surface area contributed by atoms with E-state index in [1.165, 1.54) is 10.5 Å². The molecule has 0 aromatic carbocycles. The van der Waals surface area contributed by atoms with Crippen LogP contribution in [0.1, 0.15) is 30.7 Å². The summed E-state index contributed by atoms with van der Waals surface area (Å²) < 4.78 is 0. The molecule has 0 atom stereocenters. The van der Waals surface area contributed by atoms with Crippen molar-refractivity contribution in [3.05, 3.63) is 18.0 Å². The number of H-pyrrole nitrogens is 1. The van der Waals surface area contributed by atoms with Crippen LogP contribution in [-0.4, -0.2) is 64.7 Å². The number of nitrogens with zero attached hydrogens (tertiary/aromatic N) is 3. The quantitative estimate of drug-likeness (QED) is 0.775. The van der Waals surface area contributed by atoms with Crippen molar-refractivity contribution in [1.82, 2.24) is 25.3 Å². The van der Waals surface area contributed by atoms with Crippen LogP contribution < -0.4 is 5.32 Å². The van der Waals surface area contributed by atoms with Crippen molar-refractivity contribution in [1.29, 1.82) is 0 Å². The molecule has 7 heteroatoms.